The molecule has 3 nitrogen and oxygen atoms in total. The normalized spacial score (nSPS) is 12.4. The van der Waals surface area contributed by atoms with Gasteiger partial charge in [-0.1, -0.05) is 19.6 Å². The minimum atomic E-state index is -3.97. The summed E-state index contributed by atoms with van der Waals surface area (Å²) in [5.41, 5.74) is 0. The van der Waals surface area contributed by atoms with Gasteiger partial charge >= 0.3 is 29.6 Å². The number of hydrogen-bond donors (Lipinski definition) is 0. The van der Waals surface area contributed by atoms with Gasteiger partial charge in [-0.2, -0.15) is 0 Å². The summed E-state index contributed by atoms with van der Waals surface area (Å²) < 4.78 is 30.4. The van der Waals surface area contributed by atoms with Gasteiger partial charge in [0.1, 0.15) is 0 Å². The summed E-state index contributed by atoms with van der Waals surface area (Å²) in [5, 5.41) is 0. The Bertz CT molecular complexity index is 194. The van der Waals surface area contributed by atoms with Crippen LogP contribution in [0.5, 0.6) is 0 Å². The molecule has 0 saturated heterocycles. The van der Waals surface area contributed by atoms with Crippen molar-refractivity contribution in [2.24, 2.45) is 0 Å². The van der Waals surface area contributed by atoms with Crippen molar-refractivity contribution in [3.05, 3.63) is 0 Å². The maximum atomic E-state index is 10.1. The minimum absolute atomic E-state index is 0. The topological polar surface area (TPSA) is 57.2 Å². The summed E-state index contributed by atoms with van der Waals surface area (Å²) >= 11 is 0. The Kier molecular flexibility index (Phi) is 6.64. The van der Waals surface area contributed by atoms with Crippen LogP contribution in [-0.2, 0) is 10.1 Å². The van der Waals surface area contributed by atoms with Crippen LogP contribution in [0.25, 0.3) is 0 Å². The molecule has 0 rings (SSSR count). The predicted octanol–water partition coefficient (Wildman–Crippen LogP) is -2.13. The van der Waals surface area contributed by atoms with Crippen LogP contribution in [0.1, 0.15) is 0 Å². The molecule has 0 N–H and O–H groups in total. The third-order valence-corrected chi connectivity index (χ3v) is 3.92. The van der Waals surface area contributed by atoms with Gasteiger partial charge in [0.15, 0.2) is 0 Å². The molecule has 0 aliphatic heterocycles. The van der Waals surface area contributed by atoms with Gasteiger partial charge < -0.3 is 4.55 Å². The van der Waals surface area contributed by atoms with Crippen LogP contribution in [0, 0.1) is 0 Å². The largest absolute Gasteiger partial charge is 1.00 e. The SMILES string of the molecule is C[Si](C)(C)CCS(=O)(=O)[O-].[Na+]. The average Bonchev–Trinajstić information content (AvgIpc) is 1.57. The van der Waals surface area contributed by atoms with E-state index in [9.17, 15) is 13.0 Å². The molecule has 0 spiro atoms. The Morgan fingerprint density at radius 1 is 1.27 bits per heavy atom. The molecule has 0 unspecified atom stereocenters. The van der Waals surface area contributed by atoms with E-state index in [4.69, 9.17) is 0 Å². The maximum Gasteiger partial charge on any atom is 1.00 e. The second-order valence-electron chi connectivity index (χ2n) is 3.57. The molecule has 0 heterocycles. The van der Waals surface area contributed by atoms with E-state index in [1.807, 2.05) is 19.6 Å². The van der Waals surface area contributed by atoms with E-state index in [2.05, 4.69) is 0 Å². The van der Waals surface area contributed by atoms with E-state index in [1.54, 1.807) is 0 Å². The predicted molar refractivity (Wildman–Crippen MR) is 42.7 cm³/mol. The summed E-state index contributed by atoms with van der Waals surface area (Å²) in [4.78, 5) is 0. The Morgan fingerprint density at radius 2 is 1.64 bits per heavy atom. The van der Waals surface area contributed by atoms with Gasteiger partial charge in [-0.05, 0) is 6.04 Å². The first-order valence-electron chi connectivity index (χ1n) is 3.14. The molecule has 0 aromatic rings. The molecular weight excluding hydrogens is 191 g/mol. The van der Waals surface area contributed by atoms with E-state index >= 15 is 0 Å². The zero-order valence-corrected chi connectivity index (χ0v) is 11.4. The average molecular weight is 204 g/mol. The Morgan fingerprint density at radius 3 is 1.73 bits per heavy atom. The van der Waals surface area contributed by atoms with Crippen molar-refractivity contribution in [2.75, 3.05) is 5.75 Å². The second-order valence-corrected chi connectivity index (χ2v) is 10.7. The van der Waals surface area contributed by atoms with Crippen LogP contribution in [0.3, 0.4) is 0 Å². The van der Waals surface area contributed by atoms with Crippen molar-refractivity contribution in [3.63, 3.8) is 0 Å². The molecule has 0 aliphatic rings. The van der Waals surface area contributed by atoms with E-state index in [0.29, 0.717) is 6.04 Å². The Balaban J connectivity index is 0. The van der Waals surface area contributed by atoms with E-state index in [0.717, 1.165) is 0 Å². The Labute approximate surface area is 91.6 Å². The quantitative estimate of drug-likeness (QED) is 0.390. The molecule has 11 heavy (non-hydrogen) atoms. The van der Waals surface area contributed by atoms with Crippen molar-refractivity contribution < 1.29 is 42.5 Å². The first-order valence-corrected chi connectivity index (χ1v) is 8.43. The Hall–Kier alpha value is 1.13. The van der Waals surface area contributed by atoms with Gasteiger partial charge in [-0.3, -0.25) is 0 Å². The van der Waals surface area contributed by atoms with Crippen LogP contribution in [-0.4, -0.2) is 26.8 Å². The summed E-state index contributed by atoms with van der Waals surface area (Å²) in [6.07, 6.45) is 0. The van der Waals surface area contributed by atoms with Crippen LogP contribution in [0.15, 0.2) is 0 Å². The van der Waals surface area contributed by atoms with Crippen LogP contribution in [0.2, 0.25) is 25.7 Å². The molecule has 0 radical (unpaired) electrons. The zero-order chi connectivity index (χ0) is 8.41. The molecule has 0 aromatic heterocycles. The first-order chi connectivity index (χ1) is 4.21. The van der Waals surface area contributed by atoms with E-state index in [1.165, 1.54) is 0 Å². The van der Waals surface area contributed by atoms with Gasteiger partial charge in [-0.15, -0.1) is 0 Å². The third kappa shape index (κ3) is 14.0. The fourth-order valence-electron chi connectivity index (χ4n) is 0.431. The second kappa shape index (κ2) is 4.99. The molecule has 0 saturated carbocycles. The van der Waals surface area contributed by atoms with Crippen molar-refractivity contribution in [2.45, 2.75) is 25.7 Å². The molecule has 0 atom stereocenters. The van der Waals surface area contributed by atoms with Gasteiger partial charge in [0, 0.05) is 13.8 Å². The molecule has 0 aliphatic carbocycles. The summed E-state index contributed by atoms with van der Waals surface area (Å²) in [6.45, 7) is 6.12. The molecule has 0 fully saturated rings. The molecule has 0 amide bonds. The fourth-order valence-corrected chi connectivity index (χ4v) is 3.88. The van der Waals surface area contributed by atoms with Crippen LogP contribution in [0.4, 0.5) is 0 Å². The first kappa shape index (κ1) is 14.6. The van der Waals surface area contributed by atoms with Gasteiger partial charge in [0.05, 0.1) is 10.1 Å². The third-order valence-electron chi connectivity index (χ3n) is 1.10. The van der Waals surface area contributed by atoms with E-state index < -0.39 is 18.2 Å². The monoisotopic (exact) mass is 204 g/mol. The zero-order valence-electron chi connectivity index (χ0n) is 7.55. The van der Waals surface area contributed by atoms with Crippen LogP contribution >= 0.6 is 0 Å². The molecule has 0 bridgehead atoms. The number of hydrogen-bond acceptors (Lipinski definition) is 3. The minimum Gasteiger partial charge on any atom is -0.748 e. The van der Waals surface area contributed by atoms with Gasteiger partial charge in [0.25, 0.3) is 0 Å². The maximum absolute atomic E-state index is 10.1. The van der Waals surface area contributed by atoms with Crippen molar-refractivity contribution in [1.82, 2.24) is 0 Å². The summed E-state index contributed by atoms with van der Waals surface area (Å²) in [7, 11) is -5.32. The van der Waals surface area contributed by atoms with Gasteiger partial charge in [-0.25, -0.2) is 8.42 Å². The fraction of sp³-hybridized carbons (Fsp3) is 1.00. The standard InChI is InChI=1S/C5H14O3SSi.Na/c1-10(2,3)5-4-9(6,7)8;/h4-5H2,1-3H3,(H,6,7,8);/q;+1/p-1. The van der Waals surface area contributed by atoms with Crippen molar-refractivity contribution in [1.29, 1.82) is 0 Å². The summed E-state index contributed by atoms with van der Waals surface area (Å²) in [6, 6.07) is 0.568. The van der Waals surface area contributed by atoms with Crippen molar-refractivity contribution in [3.8, 4) is 0 Å². The summed E-state index contributed by atoms with van der Waals surface area (Å²) in [5.74, 6) is -0.192. The smallest absolute Gasteiger partial charge is 0.748 e. The molecule has 0 aromatic carbocycles. The van der Waals surface area contributed by atoms with E-state index in [-0.39, 0.29) is 35.3 Å². The van der Waals surface area contributed by atoms with Gasteiger partial charge in [0.2, 0.25) is 0 Å². The molecule has 62 valence electrons. The number of rotatable bonds is 3. The molecule has 6 heteroatoms. The van der Waals surface area contributed by atoms with Crippen molar-refractivity contribution >= 4 is 18.2 Å². The molecular formula is C5H13NaO3SSi. The van der Waals surface area contributed by atoms with Crippen LogP contribution < -0.4 is 29.6 Å².